The number of unbranched alkanes of at least 4 members (excludes halogenated alkanes) is 5. The van der Waals surface area contributed by atoms with Crippen LogP contribution in [0, 0.1) is 5.92 Å². The molecule has 1 aliphatic heterocycles. The number of ether oxygens (including phenoxy) is 3. The number of aliphatic hydroxyl groups excluding tert-OH is 1. The summed E-state index contributed by atoms with van der Waals surface area (Å²) in [5.74, 6) is 2.43. The van der Waals surface area contributed by atoms with Gasteiger partial charge in [0.1, 0.15) is 22.9 Å². The highest BCUT2D eigenvalue weighted by atomic mass is 16.5. The Bertz CT molecular complexity index is 1310. The summed E-state index contributed by atoms with van der Waals surface area (Å²) in [5.41, 5.74) is 2.03. The number of methoxy groups -OCH3 is 2. The topological polar surface area (TPSA) is 85.3 Å². The van der Waals surface area contributed by atoms with Crippen LogP contribution in [0.2, 0.25) is 0 Å². The van der Waals surface area contributed by atoms with Crippen molar-refractivity contribution in [1.29, 1.82) is 0 Å². The summed E-state index contributed by atoms with van der Waals surface area (Å²) in [6.45, 7) is 3.53. The van der Waals surface area contributed by atoms with Crippen molar-refractivity contribution in [3.63, 3.8) is 0 Å². The van der Waals surface area contributed by atoms with Crippen LogP contribution in [0.4, 0.5) is 0 Å². The third-order valence-electron chi connectivity index (χ3n) is 9.32. The minimum absolute atomic E-state index is 0.0273. The van der Waals surface area contributed by atoms with E-state index in [1.54, 1.807) is 14.2 Å². The van der Waals surface area contributed by atoms with Crippen molar-refractivity contribution in [2.45, 2.75) is 89.2 Å². The van der Waals surface area contributed by atoms with Crippen LogP contribution in [0.15, 0.2) is 78.9 Å². The maximum absolute atomic E-state index is 13.6. The van der Waals surface area contributed by atoms with Gasteiger partial charge in [0, 0.05) is 32.4 Å². The van der Waals surface area contributed by atoms with Gasteiger partial charge < -0.3 is 24.2 Å². The molecule has 7 heteroatoms. The summed E-state index contributed by atoms with van der Waals surface area (Å²) < 4.78 is 18.1. The van der Waals surface area contributed by atoms with E-state index in [0.717, 1.165) is 86.1 Å². The number of nitrogens with zero attached hydrogens (tertiary/aromatic N) is 1. The molecule has 0 spiro atoms. The first-order valence-electron chi connectivity index (χ1n) is 17.3. The van der Waals surface area contributed by atoms with Crippen molar-refractivity contribution in [3.05, 3.63) is 95.6 Å². The van der Waals surface area contributed by atoms with E-state index in [1.165, 1.54) is 0 Å². The van der Waals surface area contributed by atoms with E-state index in [9.17, 15) is 9.59 Å². The largest absolute Gasteiger partial charge is 0.497 e. The maximum Gasteiger partial charge on any atom is 0.222 e. The Morgan fingerprint density at radius 1 is 0.723 bits per heavy atom. The van der Waals surface area contributed by atoms with E-state index >= 15 is 0 Å². The number of hydrogen-bond donors (Lipinski definition) is 1. The van der Waals surface area contributed by atoms with Crippen LogP contribution in [0.25, 0.3) is 0 Å². The summed E-state index contributed by atoms with van der Waals surface area (Å²) >= 11 is 0. The molecule has 0 unspecified atom stereocenters. The van der Waals surface area contributed by atoms with Crippen LogP contribution < -0.4 is 9.47 Å². The van der Waals surface area contributed by atoms with Gasteiger partial charge >= 0.3 is 0 Å². The number of carbonyl (C=O) groups excluding carboxylic acids is 2. The van der Waals surface area contributed by atoms with Gasteiger partial charge in [0.2, 0.25) is 5.91 Å². The minimum Gasteiger partial charge on any atom is -0.497 e. The predicted octanol–water partition coefficient (Wildman–Crippen LogP) is 7.71. The fourth-order valence-corrected chi connectivity index (χ4v) is 6.74. The van der Waals surface area contributed by atoms with Crippen LogP contribution in [0.1, 0.15) is 94.2 Å². The number of ketones is 1. The summed E-state index contributed by atoms with van der Waals surface area (Å²) in [7, 11) is 3.33. The molecule has 4 rings (SSSR count). The lowest BCUT2D eigenvalue weighted by Gasteiger charge is -2.38. The fourth-order valence-electron chi connectivity index (χ4n) is 6.74. The van der Waals surface area contributed by atoms with Crippen molar-refractivity contribution in [3.8, 4) is 11.5 Å². The van der Waals surface area contributed by atoms with Crippen molar-refractivity contribution in [1.82, 2.24) is 4.90 Å². The molecule has 0 aromatic heterocycles. The van der Waals surface area contributed by atoms with Gasteiger partial charge in [-0.15, -0.1) is 0 Å². The van der Waals surface area contributed by atoms with E-state index in [0.29, 0.717) is 37.6 Å². The lowest BCUT2D eigenvalue weighted by molar-refractivity contribution is -0.134. The van der Waals surface area contributed by atoms with E-state index < -0.39 is 5.60 Å². The third-order valence-corrected chi connectivity index (χ3v) is 9.32. The van der Waals surface area contributed by atoms with Crippen molar-refractivity contribution < 1.29 is 28.9 Å². The molecule has 0 aliphatic carbocycles. The molecule has 1 saturated heterocycles. The molecule has 3 aromatic rings. The molecule has 1 N–H and O–H groups in total. The summed E-state index contributed by atoms with van der Waals surface area (Å²) in [5, 5.41) is 8.88. The number of carbonyl (C=O) groups is 2. The molecule has 1 amide bonds. The van der Waals surface area contributed by atoms with Crippen molar-refractivity contribution in [2.75, 3.05) is 34.0 Å². The molecule has 2 atom stereocenters. The normalized spacial score (nSPS) is 16.3. The monoisotopic (exact) mass is 643 g/mol. The number of likely N-dealkylation sites (tertiary alicyclic amines) is 1. The second kappa shape index (κ2) is 18.6. The fraction of sp³-hybridized carbons (Fsp3) is 0.500. The molecule has 7 nitrogen and oxygen atoms in total. The highest BCUT2D eigenvalue weighted by Gasteiger charge is 2.41. The number of benzene rings is 3. The average Bonchev–Trinajstić information content (AvgIpc) is 3.49. The summed E-state index contributed by atoms with van der Waals surface area (Å²) in [4.78, 5) is 27.7. The zero-order valence-electron chi connectivity index (χ0n) is 28.5. The van der Waals surface area contributed by atoms with Crippen molar-refractivity contribution in [2.24, 2.45) is 5.92 Å². The Morgan fingerprint density at radius 3 is 1.77 bits per heavy atom. The molecule has 1 heterocycles. The SMILES string of the molecule is COc1ccc(C(OC[C@@H]2C[C@@H](C)CN2C(=O)CCCCCCC(=O)CCCCCO)(c2ccccc2)c2ccc(OC)cc2)cc1. The van der Waals surface area contributed by atoms with E-state index in [4.69, 9.17) is 19.3 Å². The molecular formula is C40H53NO6. The molecule has 0 bridgehead atoms. The maximum atomic E-state index is 13.6. The predicted molar refractivity (Wildman–Crippen MR) is 186 cm³/mol. The smallest absolute Gasteiger partial charge is 0.222 e. The zero-order chi connectivity index (χ0) is 33.5. The van der Waals surface area contributed by atoms with E-state index in [2.05, 4.69) is 43.3 Å². The zero-order valence-corrected chi connectivity index (χ0v) is 28.5. The standard InChI is InChI=1S/C40H53NO6/c1-31-28-35(41(29-31)39(44)18-12-5-4-10-16-36(43)17-11-7-13-27-42)30-47-40(32-14-8-6-9-15-32,33-19-23-37(45-2)24-20-33)34-21-25-38(46-3)26-22-34/h6,8-9,14-15,19-26,31,35,42H,4-5,7,10-13,16-18,27-30H2,1-3H3/t31-,35+/m1/s1. The van der Waals surface area contributed by atoms with Crippen LogP contribution in [0.5, 0.6) is 11.5 Å². The van der Waals surface area contributed by atoms with Gasteiger partial charge in [-0.1, -0.05) is 80.8 Å². The lowest BCUT2D eigenvalue weighted by Crippen LogP contribution is -2.42. The van der Waals surface area contributed by atoms with Gasteiger partial charge in [0.25, 0.3) is 0 Å². The molecule has 0 saturated carbocycles. The molecule has 254 valence electrons. The third kappa shape index (κ3) is 9.91. The van der Waals surface area contributed by atoms with Crippen LogP contribution in [-0.4, -0.2) is 61.7 Å². The second-order valence-corrected chi connectivity index (χ2v) is 12.8. The van der Waals surface area contributed by atoms with Gasteiger partial charge in [0.05, 0.1) is 26.9 Å². The highest BCUT2D eigenvalue weighted by Crippen LogP contribution is 2.42. The van der Waals surface area contributed by atoms with Crippen LogP contribution in [-0.2, 0) is 19.9 Å². The summed E-state index contributed by atoms with van der Waals surface area (Å²) in [6.07, 6.45) is 8.77. The number of aliphatic hydroxyl groups is 1. The van der Waals surface area contributed by atoms with Gasteiger partial charge in [0.15, 0.2) is 0 Å². The van der Waals surface area contributed by atoms with Crippen LogP contribution in [0.3, 0.4) is 0 Å². The molecule has 1 fully saturated rings. The number of amides is 1. The minimum atomic E-state index is -0.920. The number of rotatable bonds is 20. The Hall–Kier alpha value is -3.68. The Kier molecular flexibility index (Phi) is 14.3. The molecule has 0 radical (unpaired) electrons. The average molecular weight is 644 g/mol. The number of Topliss-reactive ketones (excluding diaryl/α,β-unsaturated/α-hetero) is 1. The molecule has 1 aliphatic rings. The first-order chi connectivity index (χ1) is 22.9. The first-order valence-corrected chi connectivity index (χ1v) is 17.3. The molecule has 3 aromatic carbocycles. The molecular weight excluding hydrogens is 590 g/mol. The Balaban J connectivity index is 1.45. The highest BCUT2D eigenvalue weighted by molar-refractivity contribution is 5.78. The van der Waals surface area contributed by atoms with Crippen molar-refractivity contribution >= 4 is 11.7 Å². The van der Waals surface area contributed by atoms with Gasteiger partial charge in [-0.25, -0.2) is 0 Å². The quantitative estimate of drug-likeness (QED) is 0.100. The summed E-state index contributed by atoms with van der Waals surface area (Å²) in [6, 6.07) is 26.3. The Morgan fingerprint density at radius 2 is 1.23 bits per heavy atom. The lowest BCUT2D eigenvalue weighted by atomic mass is 9.80. The second-order valence-electron chi connectivity index (χ2n) is 12.8. The van der Waals surface area contributed by atoms with E-state index in [1.807, 2.05) is 47.4 Å². The Labute approximate surface area is 281 Å². The first kappa shape index (κ1) is 36.2. The van der Waals surface area contributed by atoms with Crippen LogP contribution >= 0.6 is 0 Å². The number of hydrogen-bond acceptors (Lipinski definition) is 6. The van der Waals surface area contributed by atoms with E-state index in [-0.39, 0.29) is 18.6 Å². The van der Waals surface area contributed by atoms with Gasteiger partial charge in [-0.2, -0.15) is 0 Å². The van der Waals surface area contributed by atoms with Gasteiger partial charge in [-0.3, -0.25) is 9.59 Å². The van der Waals surface area contributed by atoms with Gasteiger partial charge in [-0.05, 0) is 79.0 Å². The molecule has 47 heavy (non-hydrogen) atoms.